The highest BCUT2D eigenvalue weighted by Gasteiger charge is 2.71. The van der Waals surface area contributed by atoms with Gasteiger partial charge in [0.1, 0.15) is 6.61 Å². The van der Waals surface area contributed by atoms with Gasteiger partial charge in [-0.15, -0.1) is 0 Å². The molecule has 0 amide bonds. The smallest absolute Gasteiger partial charge is 0.331 e. The fraction of sp³-hybridized carbons (Fsp3) is 0.846. The third-order valence-electron chi connectivity index (χ3n) is 10.4. The van der Waals surface area contributed by atoms with Crippen LogP contribution >= 0.6 is 0 Å². The van der Waals surface area contributed by atoms with E-state index in [0.717, 1.165) is 31.3 Å². The number of aliphatic imine (C=N–C) groups is 1. The number of cyclic esters (lactones) is 1. The van der Waals surface area contributed by atoms with Gasteiger partial charge in [0.2, 0.25) is 0 Å². The summed E-state index contributed by atoms with van der Waals surface area (Å²) in [5.41, 5.74) is -1.76. The summed E-state index contributed by atoms with van der Waals surface area (Å²) in [7, 11) is 0. The van der Waals surface area contributed by atoms with Crippen molar-refractivity contribution in [2.75, 3.05) is 19.8 Å². The van der Waals surface area contributed by atoms with Gasteiger partial charge in [0, 0.05) is 42.7 Å². The number of nitrogens with zero attached hydrogens (tertiary/aromatic N) is 1. The first-order valence-corrected chi connectivity index (χ1v) is 12.8. The highest BCUT2D eigenvalue weighted by atomic mass is 16.5. The average molecular weight is 462 g/mol. The van der Waals surface area contributed by atoms with Crippen LogP contribution < -0.4 is 0 Å². The topological polar surface area (TPSA) is 120 Å². The Bertz CT molecular complexity index is 858. The van der Waals surface area contributed by atoms with Crippen molar-refractivity contribution in [1.82, 2.24) is 0 Å². The highest BCUT2D eigenvalue weighted by molar-refractivity contribution is 5.85. The van der Waals surface area contributed by atoms with E-state index in [2.05, 4.69) is 11.9 Å². The molecule has 7 heteroatoms. The van der Waals surface area contributed by atoms with Crippen molar-refractivity contribution >= 4 is 12.2 Å². The van der Waals surface area contributed by atoms with Crippen LogP contribution in [0.2, 0.25) is 0 Å². The molecule has 1 heterocycles. The molecule has 184 valence electrons. The van der Waals surface area contributed by atoms with Crippen molar-refractivity contribution in [3.05, 3.63) is 11.6 Å². The lowest BCUT2D eigenvalue weighted by atomic mass is 9.41. The highest BCUT2D eigenvalue weighted by Crippen LogP contribution is 2.70. The van der Waals surface area contributed by atoms with E-state index in [1.807, 2.05) is 6.21 Å². The molecule has 7 nitrogen and oxygen atoms in total. The summed E-state index contributed by atoms with van der Waals surface area (Å²) in [5, 5.41) is 43.9. The van der Waals surface area contributed by atoms with E-state index in [0.29, 0.717) is 51.7 Å². The maximum Gasteiger partial charge on any atom is 0.331 e. The standard InChI is InChI=1S/C26H39NO6/c1-23-7-4-20-21(26(23,32)10-6-19(23)17-13-22(30)33-15-17)5-9-25(31)14-18(29)3-8-24(20,25)16-27-11-2-12-28/h13,16,18-21,28-29,31-32H,2-12,14-15H2,1H3/t18-,19+,20-,21+,23+,24-,25-,26-/m0/s1. The Morgan fingerprint density at radius 2 is 1.91 bits per heavy atom. The molecule has 8 atom stereocenters. The molecule has 4 fully saturated rings. The van der Waals surface area contributed by atoms with Crippen LogP contribution in [0.25, 0.3) is 0 Å². The zero-order valence-corrected chi connectivity index (χ0v) is 19.7. The molecule has 0 aromatic carbocycles. The minimum atomic E-state index is -1.02. The first kappa shape index (κ1) is 23.5. The Kier molecular flexibility index (Phi) is 5.79. The van der Waals surface area contributed by atoms with Gasteiger partial charge >= 0.3 is 5.97 Å². The molecule has 0 aromatic rings. The molecular weight excluding hydrogens is 422 g/mol. The molecule has 0 radical (unpaired) electrons. The van der Waals surface area contributed by atoms with Crippen molar-refractivity contribution in [3.63, 3.8) is 0 Å². The van der Waals surface area contributed by atoms with Crippen LogP contribution in [0.15, 0.2) is 16.6 Å². The summed E-state index contributed by atoms with van der Waals surface area (Å²) in [4.78, 5) is 16.4. The summed E-state index contributed by atoms with van der Waals surface area (Å²) in [5.74, 6) is -0.00843. The molecule has 0 aromatic heterocycles. The zero-order valence-electron chi connectivity index (χ0n) is 19.7. The number of esters is 1. The number of aliphatic hydroxyl groups excluding tert-OH is 2. The number of rotatable bonds is 5. The molecule has 0 saturated heterocycles. The fourth-order valence-electron chi connectivity index (χ4n) is 8.75. The maximum atomic E-state index is 12.4. The number of hydrogen-bond acceptors (Lipinski definition) is 7. The van der Waals surface area contributed by atoms with Crippen molar-refractivity contribution in [1.29, 1.82) is 0 Å². The first-order chi connectivity index (χ1) is 15.7. The second kappa shape index (κ2) is 8.14. The Balaban J connectivity index is 1.50. The summed E-state index contributed by atoms with van der Waals surface area (Å²) >= 11 is 0. The first-order valence-electron chi connectivity index (χ1n) is 12.8. The summed E-state index contributed by atoms with van der Waals surface area (Å²) in [6, 6.07) is 0. The van der Waals surface area contributed by atoms with Gasteiger partial charge in [-0.05, 0) is 81.1 Å². The third kappa shape index (κ3) is 3.29. The van der Waals surface area contributed by atoms with Gasteiger partial charge in [0.05, 0.1) is 17.3 Å². The molecule has 4 N–H and O–H groups in total. The van der Waals surface area contributed by atoms with Gasteiger partial charge in [-0.25, -0.2) is 4.79 Å². The quantitative estimate of drug-likeness (QED) is 0.283. The number of ether oxygens (including phenoxy) is 1. The largest absolute Gasteiger partial charge is 0.458 e. The van der Waals surface area contributed by atoms with Crippen molar-refractivity contribution < 1.29 is 30.0 Å². The Hall–Kier alpha value is -1.28. The summed E-state index contributed by atoms with van der Waals surface area (Å²) < 4.78 is 5.21. The second-order valence-corrected chi connectivity index (χ2v) is 11.6. The number of hydrogen-bond donors (Lipinski definition) is 4. The van der Waals surface area contributed by atoms with E-state index >= 15 is 0 Å². The van der Waals surface area contributed by atoms with Gasteiger partial charge in [0.25, 0.3) is 0 Å². The lowest BCUT2D eigenvalue weighted by Crippen LogP contribution is -2.68. The Morgan fingerprint density at radius 3 is 2.64 bits per heavy atom. The molecule has 5 aliphatic rings. The van der Waals surface area contributed by atoms with Crippen LogP contribution in [0, 0.1) is 28.6 Å². The minimum absolute atomic E-state index is 0.0414. The minimum Gasteiger partial charge on any atom is -0.458 e. The van der Waals surface area contributed by atoms with E-state index < -0.39 is 22.7 Å². The normalized spacial score (nSPS) is 49.4. The van der Waals surface area contributed by atoms with Crippen LogP contribution in [0.3, 0.4) is 0 Å². The predicted octanol–water partition coefficient (Wildman–Crippen LogP) is 2.15. The van der Waals surface area contributed by atoms with E-state index in [9.17, 15) is 25.2 Å². The molecule has 4 aliphatic carbocycles. The average Bonchev–Trinajstić information content (AvgIpc) is 3.31. The SMILES string of the molecule is C[C@]12CC[C@H]3[C@@H](CC[C@]4(O)C[C@@H](O)CC[C@]34C=NCCCO)[C@@]1(O)CC[C@@H]2C1=CC(=O)OC1. The van der Waals surface area contributed by atoms with Crippen LogP contribution in [0.4, 0.5) is 0 Å². The van der Waals surface area contributed by atoms with E-state index in [4.69, 9.17) is 4.74 Å². The van der Waals surface area contributed by atoms with E-state index in [-0.39, 0.29) is 35.7 Å². The predicted molar refractivity (Wildman–Crippen MR) is 123 cm³/mol. The van der Waals surface area contributed by atoms with Crippen molar-refractivity contribution in [2.45, 2.75) is 88.4 Å². The summed E-state index contributed by atoms with van der Waals surface area (Å²) in [6.07, 6.45) is 9.83. The Morgan fingerprint density at radius 1 is 1.12 bits per heavy atom. The van der Waals surface area contributed by atoms with Crippen LogP contribution in [-0.2, 0) is 9.53 Å². The molecule has 1 aliphatic heterocycles. The van der Waals surface area contributed by atoms with Crippen LogP contribution in [0.1, 0.15) is 71.1 Å². The van der Waals surface area contributed by atoms with E-state index in [1.165, 1.54) is 0 Å². The molecule has 0 bridgehead atoms. The molecule has 0 unspecified atom stereocenters. The lowest BCUT2D eigenvalue weighted by Gasteiger charge is -2.65. The second-order valence-electron chi connectivity index (χ2n) is 11.6. The molecule has 33 heavy (non-hydrogen) atoms. The molecule has 4 saturated carbocycles. The Labute approximate surface area is 195 Å². The fourth-order valence-corrected chi connectivity index (χ4v) is 8.75. The van der Waals surface area contributed by atoms with Crippen LogP contribution in [-0.4, -0.2) is 69.7 Å². The zero-order chi connectivity index (χ0) is 23.5. The van der Waals surface area contributed by atoms with Gasteiger partial charge in [-0.1, -0.05) is 6.92 Å². The van der Waals surface area contributed by atoms with Gasteiger partial charge in [-0.3, -0.25) is 4.99 Å². The number of aliphatic hydroxyl groups is 4. The number of fused-ring (bicyclic) bond motifs is 5. The number of carbonyl (C=O) groups excluding carboxylic acids is 1. The number of carbonyl (C=O) groups is 1. The van der Waals surface area contributed by atoms with Gasteiger partial charge < -0.3 is 25.2 Å². The van der Waals surface area contributed by atoms with E-state index in [1.54, 1.807) is 6.08 Å². The van der Waals surface area contributed by atoms with Gasteiger partial charge in [-0.2, -0.15) is 0 Å². The van der Waals surface area contributed by atoms with Gasteiger partial charge in [0.15, 0.2) is 0 Å². The molecular formula is C26H39NO6. The summed E-state index contributed by atoms with van der Waals surface area (Å²) in [6.45, 7) is 3.13. The molecule has 0 spiro atoms. The van der Waals surface area contributed by atoms with Crippen molar-refractivity contribution in [2.24, 2.45) is 33.6 Å². The lowest BCUT2D eigenvalue weighted by molar-refractivity contribution is -0.237. The van der Waals surface area contributed by atoms with Crippen LogP contribution in [0.5, 0.6) is 0 Å². The third-order valence-corrected chi connectivity index (χ3v) is 10.4. The molecule has 5 rings (SSSR count). The van der Waals surface area contributed by atoms with Crippen molar-refractivity contribution in [3.8, 4) is 0 Å². The maximum absolute atomic E-state index is 12.4. The monoisotopic (exact) mass is 461 g/mol.